The highest BCUT2D eigenvalue weighted by atomic mass is 32.1. The van der Waals surface area contributed by atoms with E-state index in [9.17, 15) is 18.4 Å². The van der Waals surface area contributed by atoms with Gasteiger partial charge in [0.2, 0.25) is 0 Å². The molecule has 0 aromatic carbocycles. The molecule has 0 aliphatic carbocycles. The maximum Gasteiger partial charge on any atom is 0.280 e. The summed E-state index contributed by atoms with van der Waals surface area (Å²) in [6, 6.07) is 1.26. The number of carbonyl (C=O) groups is 2. The van der Waals surface area contributed by atoms with E-state index < -0.39 is 23.9 Å². The van der Waals surface area contributed by atoms with Crippen LogP contribution in [0.25, 0.3) is 21.3 Å². The minimum absolute atomic E-state index is 0.0120. The van der Waals surface area contributed by atoms with Crippen LogP contribution >= 0.6 is 11.3 Å². The van der Waals surface area contributed by atoms with Crippen molar-refractivity contribution < 1.29 is 18.4 Å². The van der Waals surface area contributed by atoms with Crippen LogP contribution in [0.5, 0.6) is 0 Å². The third-order valence-corrected chi connectivity index (χ3v) is 6.13. The smallest absolute Gasteiger partial charge is 0.280 e. The number of anilines is 1. The molecule has 0 unspecified atom stereocenters. The summed E-state index contributed by atoms with van der Waals surface area (Å²) in [6.07, 6.45) is 1.62. The number of alkyl halides is 2. The Kier molecular flexibility index (Phi) is 5.46. The Balaban J connectivity index is 1.99. The van der Waals surface area contributed by atoms with Crippen molar-refractivity contribution in [3.63, 3.8) is 0 Å². The van der Waals surface area contributed by atoms with Crippen molar-refractivity contribution in [1.29, 1.82) is 0 Å². The molecule has 0 saturated heterocycles. The van der Waals surface area contributed by atoms with Crippen LogP contribution in [0.3, 0.4) is 0 Å². The summed E-state index contributed by atoms with van der Waals surface area (Å²) < 4.78 is 30.4. The van der Waals surface area contributed by atoms with Crippen LogP contribution in [0.1, 0.15) is 44.8 Å². The monoisotopic (exact) mass is 459 g/mol. The first-order chi connectivity index (χ1) is 15.2. The Morgan fingerprint density at radius 2 is 2.00 bits per heavy atom. The fourth-order valence-corrected chi connectivity index (χ4v) is 4.50. The van der Waals surface area contributed by atoms with Crippen molar-refractivity contribution in [2.24, 2.45) is 12.8 Å². The molecule has 0 saturated carbocycles. The molecule has 4 aromatic heterocycles. The van der Waals surface area contributed by atoms with E-state index in [-0.39, 0.29) is 21.0 Å². The number of amides is 2. The third-order valence-electron chi connectivity index (χ3n) is 5.03. The highest BCUT2D eigenvalue weighted by molar-refractivity contribution is 7.21. The number of hydrogen-bond donors (Lipinski definition) is 2. The summed E-state index contributed by atoms with van der Waals surface area (Å²) in [7, 11) is 1.66. The Bertz CT molecular complexity index is 1360. The SMILES string of the molecule is CCn1ncc(-c2cc(C(F)F)nc3sc(C(N)=O)c(NC(=O)c4cnn(C)c4)c23)c1C. The summed E-state index contributed by atoms with van der Waals surface area (Å²) in [4.78, 5) is 29.2. The molecule has 4 aromatic rings. The normalized spacial score (nSPS) is 11.4. The van der Waals surface area contributed by atoms with Crippen LogP contribution in [0.4, 0.5) is 14.5 Å². The average molecular weight is 459 g/mol. The number of rotatable bonds is 6. The lowest BCUT2D eigenvalue weighted by Gasteiger charge is -2.10. The lowest BCUT2D eigenvalue weighted by Crippen LogP contribution is -2.16. The number of thiophene rings is 1. The molecule has 0 aliphatic rings. The van der Waals surface area contributed by atoms with Gasteiger partial charge in [-0.25, -0.2) is 13.8 Å². The van der Waals surface area contributed by atoms with Gasteiger partial charge < -0.3 is 11.1 Å². The third kappa shape index (κ3) is 3.62. The van der Waals surface area contributed by atoms with Crippen molar-refractivity contribution in [2.75, 3.05) is 5.32 Å². The maximum absolute atomic E-state index is 13.6. The molecule has 2 amide bonds. The summed E-state index contributed by atoms with van der Waals surface area (Å²) >= 11 is 0.851. The largest absolute Gasteiger partial charge is 0.365 e. The first-order valence-electron chi connectivity index (χ1n) is 9.59. The molecule has 0 atom stereocenters. The van der Waals surface area contributed by atoms with Gasteiger partial charge in [-0.15, -0.1) is 11.3 Å². The van der Waals surface area contributed by atoms with E-state index in [2.05, 4.69) is 20.5 Å². The first-order valence-corrected chi connectivity index (χ1v) is 10.4. The highest BCUT2D eigenvalue weighted by Crippen LogP contribution is 2.43. The fraction of sp³-hybridized carbons (Fsp3) is 0.250. The van der Waals surface area contributed by atoms with E-state index in [1.165, 1.54) is 23.1 Å². The van der Waals surface area contributed by atoms with Crippen LogP contribution in [-0.4, -0.2) is 36.4 Å². The van der Waals surface area contributed by atoms with Gasteiger partial charge in [0.15, 0.2) is 0 Å². The van der Waals surface area contributed by atoms with E-state index >= 15 is 0 Å². The molecule has 166 valence electrons. The van der Waals surface area contributed by atoms with E-state index in [1.54, 1.807) is 17.9 Å². The number of pyridine rings is 1. The minimum Gasteiger partial charge on any atom is -0.365 e. The predicted octanol–water partition coefficient (Wildman–Crippen LogP) is 3.51. The molecule has 3 N–H and O–H groups in total. The van der Waals surface area contributed by atoms with E-state index in [1.807, 2.05) is 13.8 Å². The van der Waals surface area contributed by atoms with Gasteiger partial charge in [0.25, 0.3) is 18.2 Å². The van der Waals surface area contributed by atoms with Gasteiger partial charge in [0.1, 0.15) is 15.4 Å². The lowest BCUT2D eigenvalue weighted by atomic mass is 10.0. The summed E-state index contributed by atoms with van der Waals surface area (Å²) in [6.45, 7) is 4.31. The number of hydrogen-bond acceptors (Lipinski definition) is 6. The molecule has 0 bridgehead atoms. The first kappa shape index (κ1) is 21.6. The minimum atomic E-state index is -2.83. The summed E-state index contributed by atoms with van der Waals surface area (Å²) in [5, 5.41) is 11.3. The second-order valence-electron chi connectivity index (χ2n) is 7.06. The van der Waals surface area contributed by atoms with Gasteiger partial charge in [-0.3, -0.25) is 19.0 Å². The molecule has 12 heteroatoms. The lowest BCUT2D eigenvalue weighted by molar-refractivity contribution is 0.100. The Labute approximate surface area is 184 Å². The molecule has 32 heavy (non-hydrogen) atoms. The van der Waals surface area contributed by atoms with Crippen LogP contribution in [0, 0.1) is 6.92 Å². The molecule has 4 heterocycles. The Morgan fingerprint density at radius 3 is 2.56 bits per heavy atom. The molecule has 4 rings (SSSR count). The number of fused-ring (bicyclic) bond motifs is 1. The number of aryl methyl sites for hydroxylation is 2. The van der Waals surface area contributed by atoms with Gasteiger partial charge in [-0.2, -0.15) is 10.2 Å². The zero-order chi connectivity index (χ0) is 23.2. The average Bonchev–Trinajstić information content (AvgIpc) is 3.44. The maximum atomic E-state index is 13.6. The number of aromatic nitrogens is 5. The van der Waals surface area contributed by atoms with Gasteiger partial charge in [0, 0.05) is 36.4 Å². The van der Waals surface area contributed by atoms with Crippen LogP contribution in [-0.2, 0) is 13.6 Å². The molecule has 9 nitrogen and oxygen atoms in total. The number of nitrogens with zero attached hydrogens (tertiary/aromatic N) is 5. The van der Waals surface area contributed by atoms with E-state index in [0.717, 1.165) is 17.0 Å². The Morgan fingerprint density at radius 1 is 1.25 bits per heavy atom. The van der Waals surface area contributed by atoms with Gasteiger partial charge in [0.05, 0.1) is 23.6 Å². The van der Waals surface area contributed by atoms with Gasteiger partial charge >= 0.3 is 0 Å². The molecule has 0 fully saturated rings. The fourth-order valence-electron chi connectivity index (χ4n) is 3.49. The molecule has 0 radical (unpaired) electrons. The van der Waals surface area contributed by atoms with E-state index in [4.69, 9.17) is 5.73 Å². The van der Waals surface area contributed by atoms with Crippen molar-refractivity contribution in [2.45, 2.75) is 26.8 Å². The zero-order valence-electron chi connectivity index (χ0n) is 17.4. The number of nitrogens with two attached hydrogens (primary N) is 1. The molecular formula is C20H19F2N7O2S. The van der Waals surface area contributed by atoms with Crippen LogP contribution < -0.4 is 11.1 Å². The standard InChI is InChI=1S/C20H19F2N7O2S/c1-4-29-9(2)12(7-25-29)11-5-13(17(21)22)26-20-14(11)15(16(32-20)18(23)30)27-19(31)10-6-24-28(3)8-10/h5-8,17H,4H2,1-3H3,(H2,23,30)(H,27,31). The zero-order valence-corrected chi connectivity index (χ0v) is 18.2. The summed E-state index contributed by atoms with van der Waals surface area (Å²) in [5.74, 6) is -1.33. The van der Waals surface area contributed by atoms with Gasteiger partial charge in [-0.05, 0) is 25.5 Å². The van der Waals surface area contributed by atoms with Crippen LogP contribution in [0.15, 0.2) is 24.7 Å². The van der Waals surface area contributed by atoms with Crippen molar-refractivity contribution >= 4 is 39.1 Å². The van der Waals surface area contributed by atoms with Crippen molar-refractivity contribution in [3.8, 4) is 11.1 Å². The molecular weight excluding hydrogens is 440 g/mol. The van der Waals surface area contributed by atoms with Crippen LogP contribution in [0.2, 0.25) is 0 Å². The number of primary amides is 1. The van der Waals surface area contributed by atoms with Gasteiger partial charge in [-0.1, -0.05) is 0 Å². The topological polar surface area (TPSA) is 121 Å². The van der Waals surface area contributed by atoms with E-state index in [0.29, 0.717) is 23.1 Å². The second-order valence-corrected chi connectivity index (χ2v) is 8.06. The summed E-state index contributed by atoms with van der Waals surface area (Å²) in [5.41, 5.74) is 7.21. The number of nitrogens with one attached hydrogen (secondary N) is 1. The highest BCUT2D eigenvalue weighted by Gasteiger charge is 2.26. The second kappa shape index (κ2) is 8.11. The quantitative estimate of drug-likeness (QED) is 0.457. The van der Waals surface area contributed by atoms with Crippen molar-refractivity contribution in [1.82, 2.24) is 24.5 Å². The van der Waals surface area contributed by atoms with Crippen molar-refractivity contribution in [3.05, 3.63) is 46.5 Å². The predicted molar refractivity (Wildman–Crippen MR) is 116 cm³/mol. The molecule has 0 spiro atoms. The number of carbonyl (C=O) groups excluding carboxylic acids is 2. The Hall–Kier alpha value is -3.67. The molecule has 0 aliphatic heterocycles. The number of halogens is 2.